The molecule has 4 heterocycles. The van der Waals surface area contributed by atoms with Gasteiger partial charge in [-0.3, -0.25) is 14.8 Å². The van der Waals surface area contributed by atoms with Crippen molar-refractivity contribution < 1.29 is 33.0 Å². The molecule has 4 aromatic rings. The number of hydrogen-bond donors (Lipinski definition) is 2. The number of aryl methyl sites for hydroxylation is 1. The molecule has 2 aliphatic rings. The molecule has 14 heteroatoms. The van der Waals surface area contributed by atoms with Gasteiger partial charge in [-0.2, -0.15) is 10.4 Å². The van der Waals surface area contributed by atoms with Gasteiger partial charge in [0.05, 0.1) is 33.6 Å². The number of nitrogens with zero attached hydrogens (tertiary/aromatic N) is 5. The fraction of sp³-hybridized carbons (Fsp3) is 0.367. The van der Waals surface area contributed by atoms with Crippen LogP contribution in [-0.2, 0) is 11.3 Å². The number of nitrogens with one attached hydrogen (secondary N) is 1. The molecule has 0 saturated carbocycles. The largest absolute Gasteiger partial charge is 0.465 e. The van der Waals surface area contributed by atoms with Crippen molar-refractivity contribution >= 4 is 55.4 Å². The van der Waals surface area contributed by atoms with E-state index in [1.807, 2.05) is 6.07 Å². The Hall–Kier alpha value is -4.77. The number of carbonyl (C=O) groups excluding carboxylic acids is 2. The third kappa shape index (κ3) is 4.77. The fourth-order valence-electron chi connectivity index (χ4n) is 6.05. The van der Waals surface area contributed by atoms with Crippen LogP contribution in [0.2, 0.25) is 0 Å². The minimum Gasteiger partial charge on any atom is -0.465 e. The fourth-order valence-corrected chi connectivity index (χ4v) is 7.12. The maximum atomic E-state index is 16.3. The van der Waals surface area contributed by atoms with E-state index >= 15 is 8.78 Å². The monoisotopic (exact) mass is 622 g/mol. The number of thiophene rings is 1. The number of aromatic nitrogens is 2. The van der Waals surface area contributed by atoms with E-state index in [-0.39, 0.29) is 50.4 Å². The third-order valence-electron chi connectivity index (χ3n) is 7.91. The molecule has 44 heavy (non-hydrogen) atoms. The van der Waals surface area contributed by atoms with E-state index in [1.54, 1.807) is 37.3 Å². The van der Waals surface area contributed by atoms with Gasteiger partial charge in [0.2, 0.25) is 0 Å². The lowest BCUT2D eigenvalue weighted by Gasteiger charge is -2.45. The van der Waals surface area contributed by atoms with Gasteiger partial charge in [0.1, 0.15) is 28.3 Å². The van der Waals surface area contributed by atoms with Gasteiger partial charge < -0.3 is 19.6 Å². The Morgan fingerprint density at radius 3 is 2.64 bits per heavy atom. The first-order valence-corrected chi connectivity index (χ1v) is 14.7. The topological polar surface area (TPSA) is 141 Å². The van der Waals surface area contributed by atoms with Crippen LogP contribution in [0.3, 0.4) is 0 Å². The lowest BCUT2D eigenvalue weighted by molar-refractivity contribution is 0.0254. The average molecular weight is 623 g/mol. The van der Waals surface area contributed by atoms with Crippen molar-refractivity contribution in [2.45, 2.75) is 58.3 Å². The SMILES string of the molecule is C[C@@H]1CN2C(=O)c3cc(F)c(-c4ccc(F)c5sc(NC(=O)OC(C)(C)C)c(C#N)c45)c4cnn(c34)CC[C@H]2CN1C(=O)O. The van der Waals surface area contributed by atoms with Crippen LogP contribution in [0, 0.1) is 23.0 Å². The number of nitriles is 1. The standard InChI is InChI=1S/C30H28F2N6O5S/c1-14-12-37-15(13-36(14)29(41)42)7-8-38-24-17(27(37)39)9-21(32)22(19(24)11-34-38)16-5-6-20(31)25-23(16)18(10-33)26(44-25)35-28(40)43-30(2,3)4/h5-6,9,11,14-15H,7-8,12-13H2,1-4H3,(H,35,40)(H,41,42)/t14-,15+/m1/s1. The number of carbonyl (C=O) groups is 3. The van der Waals surface area contributed by atoms with Crippen LogP contribution in [0.4, 0.5) is 23.4 Å². The van der Waals surface area contributed by atoms with Gasteiger partial charge in [0.15, 0.2) is 0 Å². The van der Waals surface area contributed by atoms with E-state index < -0.39 is 47.4 Å². The average Bonchev–Trinajstić information content (AvgIpc) is 3.52. The molecule has 0 bridgehead atoms. The predicted octanol–water partition coefficient (Wildman–Crippen LogP) is 6.01. The Bertz CT molecular complexity index is 1920. The normalized spacial score (nSPS) is 18.5. The summed E-state index contributed by atoms with van der Waals surface area (Å²) < 4.78 is 38.4. The maximum Gasteiger partial charge on any atom is 0.412 e. The first-order chi connectivity index (χ1) is 20.8. The molecule has 2 N–H and O–H groups in total. The van der Waals surface area contributed by atoms with Crippen molar-refractivity contribution in [2.75, 3.05) is 18.4 Å². The minimum absolute atomic E-state index is 0.0344. The molecule has 2 aromatic heterocycles. The summed E-state index contributed by atoms with van der Waals surface area (Å²) >= 11 is 0.836. The number of carboxylic acid groups (broad SMARTS) is 1. The van der Waals surface area contributed by atoms with Gasteiger partial charge >= 0.3 is 12.2 Å². The summed E-state index contributed by atoms with van der Waals surface area (Å²) in [6.45, 7) is 7.38. The Balaban J connectivity index is 1.50. The molecule has 3 amide bonds. The van der Waals surface area contributed by atoms with Crippen LogP contribution in [0.15, 0.2) is 24.4 Å². The highest BCUT2D eigenvalue weighted by molar-refractivity contribution is 7.23. The molecule has 0 spiro atoms. The predicted molar refractivity (Wildman–Crippen MR) is 159 cm³/mol. The molecule has 2 aliphatic heterocycles. The molecule has 0 radical (unpaired) electrons. The molecule has 0 unspecified atom stereocenters. The van der Waals surface area contributed by atoms with E-state index in [0.29, 0.717) is 23.9 Å². The molecule has 2 atom stereocenters. The van der Waals surface area contributed by atoms with Gasteiger partial charge in [-0.1, -0.05) is 6.07 Å². The molecule has 1 saturated heterocycles. The van der Waals surface area contributed by atoms with E-state index in [0.717, 1.165) is 17.4 Å². The quantitative estimate of drug-likeness (QED) is 0.279. The lowest BCUT2D eigenvalue weighted by atomic mass is 9.93. The third-order valence-corrected chi connectivity index (χ3v) is 9.03. The Labute approximate surface area is 254 Å². The molecule has 11 nitrogen and oxygen atoms in total. The van der Waals surface area contributed by atoms with Crippen LogP contribution in [0.1, 0.15) is 50.0 Å². The van der Waals surface area contributed by atoms with Crippen LogP contribution < -0.4 is 5.32 Å². The molecule has 6 rings (SSSR count). The van der Waals surface area contributed by atoms with Gasteiger partial charge in [-0.25, -0.2) is 18.4 Å². The smallest absolute Gasteiger partial charge is 0.412 e. The summed E-state index contributed by atoms with van der Waals surface area (Å²) in [6.07, 6.45) is -0.0283. The zero-order chi connectivity index (χ0) is 31.7. The number of fused-ring (bicyclic) bond motifs is 2. The van der Waals surface area contributed by atoms with E-state index in [2.05, 4.69) is 10.4 Å². The summed E-state index contributed by atoms with van der Waals surface area (Å²) in [4.78, 5) is 41.1. The second-order valence-electron chi connectivity index (χ2n) is 11.9. The van der Waals surface area contributed by atoms with Crippen molar-refractivity contribution in [1.29, 1.82) is 5.26 Å². The number of benzene rings is 2. The van der Waals surface area contributed by atoms with Crippen molar-refractivity contribution in [3.8, 4) is 17.2 Å². The highest BCUT2D eigenvalue weighted by Crippen LogP contribution is 2.45. The summed E-state index contributed by atoms with van der Waals surface area (Å²) in [7, 11) is 0. The molecule has 1 fully saturated rings. The molecular weight excluding hydrogens is 594 g/mol. The van der Waals surface area contributed by atoms with Crippen LogP contribution in [0.5, 0.6) is 0 Å². The van der Waals surface area contributed by atoms with Gasteiger partial charge in [0, 0.05) is 42.0 Å². The van der Waals surface area contributed by atoms with Crippen LogP contribution in [-0.4, -0.2) is 73.6 Å². The number of hydrogen-bond acceptors (Lipinski definition) is 7. The Morgan fingerprint density at radius 2 is 1.95 bits per heavy atom. The number of piperazine rings is 1. The number of ether oxygens (including phenoxy) is 1. The number of rotatable bonds is 2. The minimum atomic E-state index is -1.07. The molecule has 2 aromatic carbocycles. The molecular formula is C30H28F2N6O5S. The number of halogens is 2. The van der Waals surface area contributed by atoms with Gasteiger partial charge in [-0.15, -0.1) is 11.3 Å². The lowest BCUT2D eigenvalue weighted by Crippen LogP contribution is -2.60. The zero-order valence-corrected chi connectivity index (χ0v) is 25.1. The molecule has 228 valence electrons. The number of anilines is 1. The Morgan fingerprint density at radius 1 is 1.20 bits per heavy atom. The first-order valence-electron chi connectivity index (χ1n) is 13.9. The Kier molecular flexibility index (Phi) is 6.96. The highest BCUT2D eigenvalue weighted by atomic mass is 32.1. The van der Waals surface area contributed by atoms with Crippen molar-refractivity contribution in [1.82, 2.24) is 19.6 Å². The van der Waals surface area contributed by atoms with Gasteiger partial charge in [0.25, 0.3) is 5.91 Å². The highest BCUT2D eigenvalue weighted by Gasteiger charge is 2.39. The van der Waals surface area contributed by atoms with Crippen molar-refractivity contribution in [3.63, 3.8) is 0 Å². The van der Waals surface area contributed by atoms with Crippen LogP contribution >= 0.6 is 11.3 Å². The summed E-state index contributed by atoms with van der Waals surface area (Å²) in [5, 5.41) is 27.2. The second-order valence-corrected chi connectivity index (χ2v) is 13.0. The first kappa shape index (κ1) is 29.3. The van der Waals surface area contributed by atoms with Crippen molar-refractivity contribution in [3.05, 3.63) is 47.2 Å². The van der Waals surface area contributed by atoms with Gasteiger partial charge in [-0.05, 0) is 51.8 Å². The van der Waals surface area contributed by atoms with Crippen molar-refractivity contribution in [2.24, 2.45) is 0 Å². The molecule has 0 aliphatic carbocycles. The van der Waals surface area contributed by atoms with E-state index in [9.17, 15) is 24.8 Å². The number of amides is 3. The summed E-state index contributed by atoms with van der Waals surface area (Å²) in [6, 6.07) is 4.82. The van der Waals surface area contributed by atoms with E-state index in [4.69, 9.17) is 4.74 Å². The zero-order valence-electron chi connectivity index (χ0n) is 24.3. The maximum absolute atomic E-state index is 16.3. The second kappa shape index (κ2) is 10.4. The summed E-state index contributed by atoms with van der Waals surface area (Å²) in [5.74, 6) is -1.87. The van der Waals surface area contributed by atoms with Crippen LogP contribution in [0.25, 0.3) is 32.1 Å². The van der Waals surface area contributed by atoms with E-state index in [1.165, 1.54) is 23.2 Å². The summed E-state index contributed by atoms with van der Waals surface area (Å²) in [5.41, 5.74) is -0.173.